The van der Waals surface area contributed by atoms with Crippen molar-refractivity contribution in [3.63, 3.8) is 0 Å². The van der Waals surface area contributed by atoms with E-state index in [0.29, 0.717) is 0 Å². The maximum atomic E-state index is 8.69. The number of aryl methyl sites for hydroxylation is 1. The Hall–Kier alpha value is -0.400. The molecule has 1 atom stereocenters. The first-order valence-electron chi connectivity index (χ1n) is 3.63. The fourth-order valence-corrected chi connectivity index (χ4v) is 1.89. The van der Waals surface area contributed by atoms with E-state index in [1.807, 2.05) is 12.3 Å². The third-order valence-corrected chi connectivity index (χ3v) is 3.09. The van der Waals surface area contributed by atoms with E-state index in [2.05, 4.69) is 27.0 Å². The predicted molar refractivity (Wildman–Crippen MR) is 53.5 cm³/mol. The van der Waals surface area contributed by atoms with Crippen molar-refractivity contribution in [1.29, 1.82) is 5.26 Å². The van der Waals surface area contributed by atoms with Crippen molar-refractivity contribution in [2.45, 2.75) is 13.3 Å². The molecule has 0 aliphatic rings. The Bertz CT molecular complexity index is 289. The summed E-state index contributed by atoms with van der Waals surface area (Å²) in [7, 11) is 0. The van der Waals surface area contributed by atoms with Gasteiger partial charge in [0.15, 0.2) is 0 Å². The molecule has 1 unspecified atom stereocenters. The molecule has 0 bridgehead atoms. The van der Waals surface area contributed by atoms with Crippen molar-refractivity contribution in [3.05, 3.63) is 16.1 Å². The molecule has 1 heterocycles. The Kier molecular flexibility index (Phi) is 3.70. The van der Waals surface area contributed by atoms with Crippen molar-refractivity contribution < 1.29 is 0 Å². The molecule has 0 aliphatic heterocycles. The van der Waals surface area contributed by atoms with Crippen LogP contribution in [0.3, 0.4) is 0 Å². The number of alkyl halides is 1. The van der Waals surface area contributed by atoms with Gasteiger partial charge in [-0.1, -0.05) is 15.9 Å². The van der Waals surface area contributed by atoms with E-state index in [1.54, 1.807) is 11.3 Å². The van der Waals surface area contributed by atoms with Gasteiger partial charge in [-0.3, -0.25) is 0 Å². The van der Waals surface area contributed by atoms with E-state index in [-0.39, 0.29) is 5.92 Å². The Morgan fingerprint density at radius 3 is 3.00 bits per heavy atom. The summed E-state index contributed by atoms with van der Waals surface area (Å²) in [6.45, 7) is 1.98. The van der Waals surface area contributed by atoms with Gasteiger partial charge in [-0.2, -0.15) is 5.26 Å². The number of halogens is 1. The molecule has 1 rings (SSSR count). The van der Waals surface area contributed by atoms with E-state index < -0.39 is 0 Å². The first kappa shape index (κ1) is 9.69. The van der Waals surface area contributed by atoms with Crippen molar-refractivity contribution in [2.24, 2.45) is 5.92 Å². The van der Waals surface area contributed by atoms with Crippen LogP contribution in [0.25, 0.3) is 0 Å². The second-order valence-electron chi connectivity index (χ2n) is 2.54. The zero-order valence-corrected chi connectivity index (χ0v) is 9.15. The van der Waals surface area contributed by atoms with Gasteiger partial charge >= 0.3 is 0 Å². The molecule has 0 saturated carbocycles. The first-order valence-corrected chi connectivity index (χ1v) is 5.63. The van der Waals surface area contributed by atoms with Crippen LogP contribution in [0.5, 0.6) is 0 Å². The topological polar surface area (TPSA) is 36.7 Å². The molecule has 0 N–H and O–H groups in total. The maximum absolute atomic E-state index is 8.69. The van der Waals surface area contributed by atoms with Gasteiger partial charge in [0.1, 0.15) is 0 Å². The van der Waals surface area contributed by atoms with Crippen LogP contribution >= 0.6 is 27.3 Å². The summed E-state index contributed by atoms with van der Waals surface area (Å²) in [6, 6.07) is 2.23. The summed E-state index contributed by atoms with van der Waals surface area (Å²) in [4.78, 5) is 4.29. The molecule has 0 aromatic carbocycles. The average Bonchev–Trinajstić information content (AvgIpc) is 2.47. The molecule has 0 amide bonds. The van der Waals surface area contributed by atoms with Gasteiger partial charge in [0.05, 0.1) is 22.7 Å². The fourth-order valence-electron chi connectivity index (χ4n) is 0.889. The molecule has 1 aromatic rings. The van der Waals surface area contributed by atoms with Gasteiger partial charge in [0, 0.05) is 17.1 Å². The van der Waals surface area contributed by atoms with Gasteiger partial charge in [0.2, 0.25) is 0 Å². The number of hydrogen-bond acceptors (Lipinski definition) is 3. The zero-order valence-electron chi connectivity index (χ0n) is 6.75. The van der Waals surface area contributed by atoms with E-state index >= 15 is 0 Å². The molecule has 12 heavy (non-hydrogen) atoms. The second-order valence-corrected chi connectivity index (χ2v) is 4.25. The summed E-state index contributed by atoms with van der Waals surface area (Å²) in [5.74, 6) is 0.0477. The van der Waals surface area contributed by atoms with Gasteiger partial charge < -0.3 is 0 Å². The molecule has 0 fully saturated rings. The molecule has 64 valence electrons. The monoisotopic (exact) mass is 244 g/mol. The number of nitrogens with zero attached hydrogens (tertiary/aromatic N) is 2. The number of thiazole rings is 1. The lowest BCUT2D eigenvalue weighted by Gasteiger charge is -1.99. The lowest BCUT2D eigenvalue weighted by molar-refractivity contribution is 0.740. The minimum Gasteiger partial charge on any atom is -0.247 e. The van der Waals surface area contributed by atoms with Crippen molar-refractivity contribution in [1.82, 2.24) is 4.98 Å². The van der Waals surface area contributed by atoms with Crippen molar-refractivity contribution >= 4 is 27.3 Å². The van der Waals surface area contributed by atoms with E-state index in [1.165, 1.54) is 0 Å². The third kappa shape index (κ3) is 2.58. The van der Waals surface area contributed by atoms with Crippen LogP contribution in [0.15, 0.2) is 5.38 Å². The minimum atomic E-state index is 0.0477. The molecular formula is C8H9BrN2S. The standard InChI is InChI=1S/C8H9BrN2S/c1-6-11-8(5-12-6)2-7(3-9)4-10/h5,7H,2-3H2,1H3. The van der Waals surface area contributed by atoms with Crippen LogP contribution in [-0.4, -0.2) is 10.3 Å². The highest BCUT2D eigenvalue weighted by Gasteiger charge is 2.08. The molecule has 0 aliphatic carbocycles. The van der Waals surface area contributed by atoms with Crippen LogP contribution in [0.1, 0.15) is 10.7 Å². The summed E-state index contributed by atoms with van der Waals surface area (Å²) in [5.41, 5.74) is 1.03. The molecule has 1 aromatic heterocycles. The van der Waals surface area contributed by atoms with E-state index in [9.17, 15) is 0 Å². The minimum absolute atomic E-state index is 0.0477. The quantitative estimate of drug-likeness (QED) is 0.767. The molecule has 0 radical (unpaired) electrons. The lowest BCUT2D eigenvalue weighted by atomic mass is 10.1. The Labute approximate surface area is 84.4 Å². The van der Waals surface area contributed by atoms with Gasteiger partial charge in [-0.15, -0.1) is 11.3 Å². The molecule has 0 spiro atoms. The van der Waals surface area contributed by atoms with Crippen LogP contribution in [-0.2, 0) is 6.42 Å². The summed E-state index contributed by atoms with van der Waals surface area (Å²) >= 11 is 4.92. The van der Waals surface area contributed by atoms with Gasteiger partial charge in [-0.25, -0.2) is 4.98 Å². The van der Waals surface area contributed by atoms with Crippen LogP contribution in [0.4, 0.5) is 0 Å². The van der Waals surface area contributed by atoms with Crippen LogP contribution in [0.2, 0.25) is 0 Å². The highest BCUT2D eigenvalue weighted by Crippen LogP contribution is 2.13. The lowest BCUT2D eigenvalue weighted by Crippen LogP contribution is -2.03. The van der Waals surface area contributed by atoms with E-state index in [4.69, 9.17) is 5.26 Å². The Balaban J connectivity index is 2.58. The number of hydrogen-bond donors (Lipinski definition) is 0. The molecule has 4 heteroatoms. The molecular weight excluding hydrogens is 236 g/mol. The number of rotatable bonds is 3. The first-order chi connectivity index (χ1) is 5.76. The van der Waals surface area contributed by atoms with Crippen LogP contribution in [0, 0.1) is 24.2 Å². The molecule has 2 nitrogen and oxygen atoms in total. The summed E-state index contributed by atoms with van der Waals surface area (Å²) in [5, 5.41) is 12.5. The highest BCUT2D eigenvalue weighted by molar-refractivity contribution is 9.09. The van der Waals surface area contributed by atoms with Crippen LogP contribution < -0.4 is 0 Å². The van der Waals surface area contributed by atoms with Crippen molar-refractivity contribution in [3.8, 4) is 6.07 Å². The highest BCUT2D eigenvalue weighted by atomic mass is 79.9. The molecule has 0 saturated heterocycles. The number of aromatic nitrogens is 1. The fraction of sp³-hybridized carbons (Fsp3) is 0.500. The summed E-state index contributed by atoms with van der Waals surface area (Å²) in [6.07, 6.45) is 0.756. The predicted octanol–water partition coefficient (Wildman–Crippen LogP) is 2.53. The van der Waals surface area contributed by atoms with Gasteiger partial charge in [0.25, 0.3) is 0 Å². The van der Waals surface area contributed by atoms with E-state index in [0.717, 1.165) is 22.5 Å². The zero-order chi connectivity index (χ0) is 8.97. The Morgan fingerprint density at radius 1 is 1.83 bits per heavy atom. The summed E-state index contributed by atoms with van der Waals surface area (Å²) < 4.78 is 0. The normalized spacial score (nSPS) is 12.4. The van der Waals surface area contributed by atoms with Gasteiger partial charge in [-0.05, 0) is 6.92 Å². The average molecular weight is 245 g/mol. The largest absolute Gasteiger partial charge is 0.247 e. The maximum Gasteiger partial charge on any atom is 0.0897 e. The SMILES string of the molecule is Cc1nc(CC(C#N)CBr)cs1. The number of nitriles is 1. The second kappa shape index (κ2) is 4.58. The smallest absolute Gasteiger partial charge is 0.0897 e. The van der Waals surface area contributed by atoms with Crippen molar-refractivity contribution in [2.75, 3.05) is 5.33 Å². The Morgan fingerprint density at radius 2 is 2.58 bits per heavy atom. The third-order valence-electron chi connectivity index (χ3n) is 1.49.